The van der Waals surface area contributed by atoms with E-state index in [0.717, 1.165) is 43.9 Å². The van der Waals surface area contributed by atoms with Crippen molar-refractivity contribution in [3.63, 3.8) is 0 Å². The molecule has 6 heteroatoms. The molecule has 0 aromatic heterocycles. The molecule has 0 spiro atoms. The average molecular weight is 317 g/mol. The summed E-state index contributed by atoms with van der Waals surface area (Å²) in [6, 6.07) is 9.76. The fourth-order valence-corrected chi connectivity index (χ4v) is 4.44. The highest BCUT2D eigenvalue weighted by Crippen LogP contribution is 2.38. The van der Waals surface area contributed by atoms with Gasteiger partial charge in [-0.3, -0.25) is 9.69 Å². The molecule has 4 rings (SSSR count). The number of rotatable bonds is 2. The van der Waals surface area contributed by atoms with Gasteiger partial charge in [0.05, 0.1) is 0 Å². The summed E-state index contributed by atoms with van der Waals surface area (Å²) < 4.78 is 0. The average Bonchev–Trinajstić information content (AvgIpc) is 2.57. The molecular weight excluding hydrogens is 298 g/mol. The summed E-state index contributed by atoms with van der Waals surface area (Å²) in [6.07, 6.45) is 1.93. The maximum absolute atomic E-state index is 12.8. The van der Waals surface area contributed by atoms with E-state index in [1.807, 2.05) is 40.1 Å². The van der Waals surface area contributed by atoms with E-state index in [1.165, 1.54) is 11.8 Å². The van der Waals surface area contributed by atoms with Crippen LogP contribution in [0.1, 0.15) is 12.8 Å². The summed E-state index contributed by atoms with van der Waals surface area (Å²) >= 11 is 1.36. The Bertz CT molecular complexity index is 617. The van der Waals surface area contributed by atoms with Crippen LogP contribution in [0.2, 0.25) is 0 Å². The van der Waals surface area contributed by atoms with Gasteiger partial charge in [0.1, 0.15) is 4.91 Å². The molecule has 0 saturated carbocycles. The van der Waals surface area contributed by atoms with E-state index in [4.69, 9.17) is 0 Å². The summed E-state index contributed by atoms with van der Waals surface area (Å²) in [5.74, 6) is 0.103. The lowest BCUT2D eigenvalue weighted by Crippen LogP contribution is -2.68. The lowest BCUT2D eigenvalue weighted by Gasteiger charge is -2.54. The number of aliphatic hydroxyl groups is 1. The van der Waals surface area contributed by atoms with Crippen LogP contribution < -0.4 is 0 Å². The van der Waals surface area contributed by atoms with Crippen molar-refractivity contribution in [2.75, 3.05) is 26.2 Å². The summed E-state index contributed by atoms with van der Waals surface area (Å²) in [6.45, 7) is 3.57. The van der Waals surface area contributed by atoms with Crippen molar-refractivity contribution in [3.8, 4) is 0 Å². The number of carbonyl (C=O) groups excluding carboxylic acids is 1. The van der Waals surface area contributed by atoms with Gasteiger partial charge in [0.2, 0.25) is 5.88 Å². The minimum Gasteiger partial charge on any atom is -0.494 e. The third-order valence-corrected chi connectivity index (χ3v) is 5.54. The Morgan fingerprint density at radius 2 is 1.68 bits per heavy atom. The number of benzene rings is 1. The van der Waals surface area contributed by atoms with Crippen molar-refractivity contribution in [2.45, 2.75) is 24.0 Å². The Morgan fingerprint density at radius 1 is 1.00 bits per heavy atom. The number of thioether (sulfide) groups is 1. The lowest BCUT2D eigenvalue weighted by atomic mass is 10.1. The zero-order valence-electron chi connectivity index (χ0n) is 12.3. The molecule has 22 heavy (non-hydrogen) atoms. The Morgan fingerprint density at radius 3 is 2.41 bits per heavy atom. The zero-order valence-corrected chi connectivity index (χ0v) is 13.1. The van der Waals surface area contributed by atoms with E-state index >= 15 is 0 Å². The SMILES string of the molecule is O=C1C(Sc2ccccc2)=C(O)N2CCCN3CCCN1C32. The van der Waals surface area contributed by atoms with Gasteiger partial charge in [0.25, 0.3) is 5.91 Å². The largest absolute Gasteiger partial charge is 0.494 e. The quantitative estimate of drug-likeness (QED) is 0.904. The number of aliphatic hydroxyl groups excluding tert-OH is 1. The van der Waals surface area contributed by atoms with Crippen molar-refractivity contribution in [1.29, 1.82) is 0 Å². The molecule has 0 bridgehead atoms. The Balaban J connectivity index is 1.71. The Labute approximate surface area is 134 Å². The van der Waals surface area contributed by atoms with Crippen LogP contribution >= 0.6 is 11.8 Å². The van der Waals surface area contributed by atoms with Gasteiger partial charge in [0, 0.05) is 31.1 Å². The number of carbonyl (C=O) groups is 1. The van der Waals surface area contributed by atoms with Gasteiger partial charge >= 0.3 is 0 Å². The standard InChI is InChI=1S/C16H19N3O2S/c20-14-13(22-12-6-2-1-3-7-12)15(21)19-11-5-9-17-8-4-10-18(14)16(17)19/h1-3,6-7,16,20H,4-5,8-11H2. The molecule has 1 amide bonds. The smallest absolute Gasteiger partial charge is 0.268 e. The maximum Gasteiger partial charge on any atom is 0.268 e. The number of hydrogen-bond acceptors (Lipinski definition) is 5. The molecule has 3 aliphatic heterocycles. The second-order valence-corrected chi connectivity index (χ2v) is 6.93. The number of nitrogens with zero attached hydrogens (tertiary/aromatic N) is 3. The van der Waals surface area contributed by atoms with Crippen molar-refractivity contribution in [3.05, 3.63) is 41.1 Å². The summed E-state index contributed by atoms with van der Waals surface area (Å²) in [7, 11) is 0. The minimum absolute atomic E-state index is 0.0424. The zero-order chi connectivity index (χ0) is 15.1. The van der Waals surface area contributed by atoms with E-state index in [9.17, 15) is 9.90 Å². The van der Waals surface area contributed by atoms with Crippen LogP contribution in [-0.4, -0.2) is 58.2 Å². The van der Waals surface area contributed by atoms with Gasteiger partial charge in [-0.1, -0.05) is 30.0 Å². The monoisotopic (exact) mass is 317 g/mol. The van der Waals surface area contributed by atoms with Crippen LogP contribution in [0.3, 0.4) is 0 Å². The first-order chi connectivity index (χ1) is 10.8. The second-order valence-electron chi connectivity index (χ2n) is 5.85. The second kappa shape index (κ2) is 5.52. The molecule has 2 saturated heterocycles. The topological polar surface area (TPSA) is 47.0 Å². The first kappa shape index (κ1) is 14.0. The van der Waals surface area contributed by atoms with E-state index in [-0.39, 0.29) is 18.1 Å². The molecule has 3 heterocycles. The van der Waals surface area contributed by atoms with Crippen LogP contribution in [0, 0.1) is 0 Å². The predicted octanol–water partition coefficient (Wildman–Crippen LogP) is 2.04. The van der Waals surface area contributed by atoms with E-state index < -0.39 is 0 Å². The van der Waals surface area contributed by atoms with Crippen molar-refractivity contribution in [2.24, 2.45) is 0 Å². The maximum atomic E-state index is 12.8. The number of hydrogen-bond donors (Lipinski definition) is 1. The molecule has 0 aliphatic carbocycles. The van der Waals surface area contributed by atoms with Crippen LogP contribution in [0.15, 0.2) is 46.0 Å². The normalized spacial score (nSPS) is 25.5. The van der Waals surface area contributed by atoms with Gasteiger partial charge in [-0.05, 0) is 25.0 Å². The third kappa shape index (κ3) is 2.18. The van der Waals surface area contributed by atoms with Gasteiger partial charge < -0.3 is 14.9 Å². The van der Waals surface area contributed by atoms with Gasteiger partial charge in [-0.2, -0.15) is 0 Å². The fourth-order valence-electron chi connectivity index (χ4n) is 3.50. The molecule has 5 nitrogen and oxygen atoms in total. The van der Waals surface area contributed by atoms with Crippen molar-refractivity contribution < 1.29 is 9.90 Å². The highest BCUT2D eigenvalue weighted by atomic mass is 32.2. The summed E-state index contributed by atoms with van der Waals surface area (Å²) in [4.78, 5) is 20.5. The first-order valence-electron chi connectivity index (χ1n) is 7.73. The minimum atomic E-state index is -0.0878. The molecule has 3 aliphatic rings. The molecular formula is C16H19N3O2S. The van der Waals surface area contributed by atoms with Crippen molar-refractivity contribution in [1.82, 2.24) is 14.7 Å². The molecule has 116 valence electrons. The van der Waals surface area contributed by atoms with Gasteiger partial charge in [0.15, 0.2) is 6.29 Å². The Hall–Kier alpha value is -1.66. The predicted molar refractivity (Wildman–Crippen MR) is 85.0 cm³/mol. The van der Waals surface area contributed by atoms with Crippen molar-refractivity contribution >= 4 is 17.7 Å². The highest BCUT2D eigenvalue weighted by Gasteiger charge is 2.46. The Kier molecular flexibility index (Phi) is 3.50. The first-order valence-corrected chi connectivity index (χ1v) is 8.55. The molecule has 1 aromatic rings. The van der Waals surface area contributed by atoms with Gasteiger partial charge in [-0.15, -0.1) is 0 Å². The fraction of sp³-hybridized carbons (Fsp3) is 0.438. The molecule has 0 radical (unpaired) electrons. The summed E-state index contributed by atoms with van der Waals surface area (Å²) in [5, 5.41) is 10.7. The van der Waals surface area contributed by atoms with Crippen LogP contribution in [0.5, 0.6) is 0 Å². The van der Waals surface area contributed by atoms with Crippen LogP contribution in [0.25, 0.3) is 0 Å². The van der Waals surface area contributed by atoms with Gasteiger partial charge in [-0.25, -0.2) is 0 Å². The number of amides is 1. The molecule has 1 atom stereocenters. The van der Waals surface area contributed by atoms with E-state index in [0.29, 0.717) is 4.91 Å². The molecule has 1 aromatic carbocycles. The molecule has 2 fully saturated rings. The van der Waals surface area contributed by atoms with E-state index in [2.05, 4.69) is 4.90 Å². The molecule has 1 N–H and O–H groups in total. The van der Waals surface area contributed by atoms with E-state index in [1.54, 1.807) is 0 Å². The van der Waals surface area contributed by atoms with Crippen LogP contribution in [0.4, 0.5) is 0 Å². The molecule has 1 unspecified atom stereocenters. The highest BCUT2D eigenvalue weighted by molar-refractivity contribution is 8.04. The van der Waals surface area contributed by atoms with Crippen LogP contribution in [-0.2, 0) is 4.79 Å². The summed E-state index contributed by atoms with van der Waals surface area (Å²) in [5.41, 5.74) is 0. The third-order valence-electron chi connectivity index (χ3n) is 4.47. The lowest BCUT2D eigenvalue weighted by molar-refractivity contribution is -0.162.